The van der Waals surface area contributed by atoms with Crippen LogP contribution in [0.1, 0.15) is 32.3 Å². The van der Waals surface area contributed by atoms with E-state index in [-0.39, 0.29) is 10.9 Å². The monoisotopic (exact) mass is 348 g/mol. The van der Waals surface area contributed by atoms with Gasteiger partial charge in [-0.05, 0) is 53.9 Å². The van der Waals surface area contributed by atoms with Gasteiger partial charge in [-0.25, -0.2) is 8.42 Å². The van der Waals surface area contributed by atoms with Crippen molar-refractivity contribution in [1.82, 2.24) is 4.31 Å². The molecule has 2 N–H and O–H groups in total. The minimum atomic E-state index is -3.50. The number of aryl methyl sites for hydroxylation is 1. The van der Waals surface area contributed by atoms with Gasteiger partial charge in [-0.15, -0.1) is 0 Å². The molecule has 1 atom stereocenters. The average molecular weight is 349 g/mol. The molecule has 108 valence electrons. The molecule has 0 aliphatic carbocycles. The molecular weight excluding hydrogens is 328 g/mol. The molecule has 0 spiro atoms. The van der Waals surface area contributed by atoms with Crippen molar-refractivity contribution in [2.45, 2.75) is 44.6 Å². The summed E-state index contributed by atoms with van der Waals surface area (Å²) in [4.78, 5) is 0.277. The van der Waals surface area contributed by atoms with Crippen LogP contribution in [0.2, 0.25) is 0 Å². The summed E-state index contributed by atoms with van der Waals surface area (Å²) in [6.07, 6.45) is 1.78. The van der Waals surface area contributed by atoms with Crippen molar-refractivity contribution in [3.05, 3.63) is 22.2 Å². The number of anilines is 1. The third-order valence-corrected chi connectivity index (χ3v) is 6.08. The first-order valence-corrected chi connectivity index (χ1v) is 8.48. The van der Waals surface area contributed by atoms with Crippen LogP contribution in [0.5, 0.6) is 0 Å². The Hall–Kier alpha value is -0.590. The van der Waals surface area contributed by atoms with Crippen molar-refractivity contribution in [3.8, 4) is 0 Å². The van der Waals surface area contributed by atoms with Crippen molar-refractivity contribution in [2.24, 2.45) is 0 Å². The number of hydrogen-bond acceptors (Lipinski definition) is 3. The van der Waals surface area contributed by atoms with Gasteiger partial charge in [0.05, 0.1) is 4.90 Å². The Bertz CT molecular complexity index is 558. The summed E-state index contributed by atoms with van der Waals surface area (Å²) in [5.74, 6) is 0. The maximum absolute atomic E-state index is 12.6. The maximum atomic E-state index is 12.6. The van der Waals surface area contributed by atoms with Crippen LogP contribution in [-0.4, -0.2) is 25.8 Å². The number of sulfonamides is 1. The molecule has 0 aromatic heterocycles. The van der Waals surface area contributed by atoms with Crippen LogP contribution in [0.4, 0.5) is 5.69 Å². The summed E-state index contributed by atoms with van der Waals surface area (Å²) in [6, 6.07) is 3.23. The first-order chi connectivity index (χ1) is 8.71. The summed E-state index contributed by atoms with van der Waals surface area (Å²) in [7, 11) is -1.88. The summed E-state index contributed by atoms with van der Waals surface area (Å²) in [5.41, 5.74) is 6.91. The molecule has 1 rings (SSSR count). The third-order valence-electron chi connectivity index (χ3n) is 3.28. The van der Waals surface area contributed by atoms with Crippen molar-refractivity contribution in [1.29, 1.82) is 0 Å². The van der Waals surface area contributed by atoms with Crippen LogP contribution in [0.25, 0.3) is 0 Å². The molecule has 19 heavy (non-hydrogen) atoms. The first kappa shape index (κ1) is 16.5. The molecule has 0 amide bonds. The molecule has 0 aliphatic heterocycles. The van der Waals surface area contributed by atoms with Gasteiger partial charge in [0, 0.05) is 23.2 Å². The summed E-state index contributed by atoms with van der Waals surface area (Å²) < 4.78 is 27.3. The van der Waals surface area contributed by atoms with Crippen LogP contribution in [0.15, 0.2) is 21.5 Å². The van der Waals surface area contributed by atoms with E-state index in [1.54, 1.807) is 20.0 Å². The zero-order chi connectivity index (χ0) is 14.8. The standard InChI is InChI=1S/C13H21BrN2O2S/c1-5-6-10(3)16(4)19(17,18)13-8-12(15)11(14)7-9(13)2/h7-8,10H,5-6,15H2,1-4H3. The van der Waals surface area contributed by atoms with E-state index in [1.807, 2.05) is 13.8 Å². The number of nitrogen functional groups attached to an aromatic ring is 1. The van der Waals surface area contributed by atoms with E-state index in [2.05, 4.69) is 15.9 Å². The minimum Gasteiger partial charge on any atom is -0.398 e. The van der Waals surface area contributed by atoms with E-state index >= 15 is 0 Å². The van der Waals surface area contributed by atoms with Crippen LogP contribution < -0.4 is 5.73 Å². The Labute approximate surface area is 124 Å². The van der Waals surface area contributed by atoms with Gasteiger partial charge in [0.15, 0.2) is 0 Å². The molecule has 0 fully saturated rings. The number of nitrogens with two attached hydrogens (primary N) is 1. The van der Waals surface area contributed by atoms with Crippen LogP contribution in [0.3, 0.4) is 0 Å². The molecule has 1 aromatic rings. The zero-order valence-corrected chi connectivity index (χ0v) is 14.2. The molecule has 0 heterocycles. The van der Waals surface area contributed by atoms with Gasteiger partial charge >= 0.3 is 0 Å². The minimum absolute atomic E-state index is 0.0285. The van der Waals surface area contributed by atoms with Gasteiger partial charge < -0.3 is 5.73 Å². The average Bonchev–Trinajstić information content (AvgIpc) is 2.32. The van der Waals surface area contributed by atoms with Gasteiger partial charge in [0.1, 0.15) is 0 Å². The number of hydrogen-bond donors (Lipinski definition) is 1. The third kappa shape index (κ3) is 3.49. The topological polar surface area (TPSA) is 63.4 Å². The number of nitrogens with zero attached hydrogens (tertiary/aromatic N) is 1. The van der Waals surface area contributed by atoms with E-state index in [0.717, 1.165) is 12.8 Å². The van der Waals surface area contributed by atoms with Crippen molar-refractivity contribution in [3.63, 3.8) is 0 Å². The van der Waals surface area contributed by atoms with Gasteiger partial charge in [0.2, 0.25) is 10.0 Å². The van der Waals surface area contributed by atoms with E-state index in [4.69, 9.17) is 5.73 Å². The summed E-state index contributed by atoms with van der Waals surface area (Å²) in [6.45, 7) is 5.73. The molecule has 0 radical (unpaired) electrons. The summed E-state index contributed by atoms with van der Waals surface area (Å²) >= 11 is 3.30. The van der Waals surface area contributed by atoms with Gasteiger partial charge in [-0.2, -0.15) is 4.31 Å². The molecule has 1 aromatic carbocycles. The molecule has 0 saturated heterocycles. The Morgan fingerprint density at radius 1 is 1.42 bits per heavy atom. The van der Waals surface area contributed by atoms with Crippen molar-refractivity contribution < 1.29 is 8.42 Å². The van der Waals surface area contributed by atoms with Crippen LogP contribution in [0, 0.1) is 6.92 Å². The van der Waals surface area contributed by atoms with Gasteiger partial charge in [-0.3, -0.25) is 0 Å². The van der Waals surface area contributed by atoms with E-state index in [1.165, 1.54) is 10.4 Å². The van der Waals surface area contributed by atoms with E-state index < -0.39 is 10.0 Å². The smallest absolute Gasteiger partial charge is 0.243 e. The molecule has 1 unspecified atom stereocenters. The largest absolute Gasteiger partial charge is 0.398 e. The van der Waals surface area contributed by atoms with Gasteiger partial charge in [-0.1, -0.05) is 13.3 Å². The lowest BCUT2D eigenvalue weighted by molar-refractivity contribution is 0.368. The fourth-order valence-electron chi connectivity index (χ4n) is 1.94. The normalized spacial score (nSPS) is 13.8. The number of halogens is 1. The Morgan fingerprint density at radius 3 is 2.53 bits per heavy atom. The highest BCUT2D eigenvalue weighted by molar-refractivity contribution is 9.10. The Morgan fingerprint density at radius 2 is 2.00 bits per heavy atom. The molecule has 4 nitrogen and oxygen atoms in total. The number of benzene rings is 1. The second-order valence-corrected chi connectivity index (χ2v) is 7.62. The molecule has 0 bridgehead atoms. The highest BCUT2D eigenvalue weighted by atomic mass is 79.9. The predicted molar refractivity (Wildman–Crippen MR) is 82.6 cm³/mol. The Kier molecular flexibility index (Phi) is 5.41. The summed E-state index contributed by atoms with van der Waals surface area (Å²) in [5, 5.41) is 0. The lowest BCUT2D eigenvalue weighted by Crippen LogP contribution is -2.35. The molecule has 6 heteroatoms. The SMILES string of the molecule is CCCC(C)N(C)S(=O)(=O)c1cc(N)c(Br)cc1C. The van der Waals surface area contributed by atoms with Crippen molar-refractivity contribution >= 4 is 31.6 Å². The van der Waals surface area contributed by atoms with E-state index in [0.29, 0.717) is 15.7 Å². The highest BCUT2D eigenvalue weighted by Crippen LogP contribution is 2.29. The van der Waals surface area contributed by atoms with Crippen LogP contribution >= 0.6 is 15.9 Å². The quantitative estimate of drug-likeness (QED) is 0.831. The van der Waals surface area contributed by atoms with Crippen LogP contribution in [-0.2, 0) is 10.0 Å². The second kappa shape index (κ2) is 6.24. The number of rotatable bonds is 5. The van der Waals surface area contributed by atoms with E-state index in [9.17, 15) is 8.42 Å². The predicted octanol–water partition coefficient (Wildman–Crippen LogP) is 3.15. The molecule has 0 saturated carbocycles. The molecule has 0 aliphatic rings. The lowest BCUT2D eigenvalue weighted by Gasteiger charge is -2.25. The molecular formula is C13H21BrN2O2S. The van der Waals surface area contributed by atoms with Gasteiger partial charge in [0.25, 0.3) is 0 Å². The highest BCUT2D eigenvalue weighted by Gasteiger charge is 2.27. The Balaban J connectivity index is 3.24. The zero-order valence-electron chi connectivity index (χ0n) is 11.8. The fraction of sp³-hybridized carbons (Fsp3) is 0.538. The fourth-order valence-corrected chi connectivity index (χ4v) is 4.03. The van der Waals surface area contributed by atoms with Crippen molar-refractivity contribution in [2.75, 3.05) is 12.8 Å². The lowest BCUT2D eigenvalue weighted by atomic mass is 10.2. The first-order valence-electron chi connectivity index (χ1n) is 6.25. The second-order valence-electron chi connectivity index (χ2n) is 4.80. The maximum Gasteiger partial charge on any atom is 0.243 e.